The van der Waals surface area contributed by atoms with E-state index in [9.17, 15) is 14.4 Å². The summed E-state index contributed by atoms with van der Waals surface area (Å²) >= 11 is 0. The topological polar surface area (TPSA) is 79.4 Å². The summed E-state index contributed by atoms with van der Waals surface area (Å²) in [5.41, 5.74) is 2.39. The number of pyridine rings is 1. The molecule has 1 N–H and O–H groups in total. The number of nitrogens with one attached hydrogen (secondary N) is 1. The molecule has 0 radical (unpaired) electrons. The van der Waals surface area contributed by atoms with Gasteiger partial charge in [0.1, 0.15) is 5.69 Å². The van der Waals surface area contributed by atoms with Crippen molar-refractivity contribution in [2.75, 3.05) is 19.6 Å². The van der Waals surface area contributed by atoms with E-state index in [-0.39, 0.29) is 17.6 Å². The Balaban J connectivity index is 1.59. The molecule has 140 valence electrons. The molecule has 1 aromatic carbocycles. The van der Waals surface area contributed by atoms with Crippen LogP contribution in [0, 0.1) is 0 Å². The highest BCUT2D eigenvalue weighted by molar-refractivity contribution is 5.95. The van der Waals surface area contributed by atoms with Gasteiger partial charge in [0, 0.05) is 37.2 Å². The molecule has 1 aliphatic rings. The van der Waals surface area contributed by atoms with Gasteiger partial charge < -0.3 is 10.2 Å². The molecule has 2 heterocycles. The van der Waals surface area contributed by atoms with E-state index in [1.165, 1.54) is 6.92 Å². The number of aromatic nitrogens is 1. The Hall–Kier alpha value is -3.02. The summed E-state index contributed by atoms with van der Waals surface area (Å²) < 4.78 is 0. The van der Waals surface area contributed by atoms with Gasteiger partial charge in [-0.05, 0) is 38.0 Å². The highest BCUT2D eigenvalue weighted by atomic mass is 16.2. The lowest BCUT2D eigenvalue weighted by Crippen LogP contribution is -2.31. The maximum Gasteiger partial charge on any atom is 0.269 e. The molecule has 0 aliphatic carbocycles. The van der Waals surface area contributed by atoms with Gasteiger partial charge in [-0.3, -0.25) is 14.4 Å². The molecule has 2 amide bonds. The first-order valence-corrected chi connectivity index (χ1v) is 9.19. The number of Topliss-reactive ketones (excluding diaryl/α,β-unsaturated/α-hetero) is 1. The number of likely N-dealkylation sites (tertiary alicyclic amines) is 1. The molecule has 3 rings (SSSR count). The minimum Gasteiger partial charge on any atom is -0.351 e. The van der Waals surface area contributed by atoms with Gasteiger partial charge in [0.2, 0.25) is 5.91 Å². The standard InChI is InChI=1S/C21H23N3O3/c1-15(25)16-6-2-7-17(14-16)18-8-3-9-19(23-18)21(27)22-11-5-13-24-12-4-10-20(24)26/h2-3,6-9,14H,4-5,10-13H2,1H3,(H,22,27). The number of hydrogen-bond acceptors (Lipinski definition) is 4. The van der Waals surface area contributed by atoms with E-state index in [1.807, 2.05) is 17.0 Å². The van der Waals surface area contributed by atoms with Crippen LogP contribution in [0.4, 0.5) is 0 Å². The third-order valence-electron chi connectivity index (χ3n) is 4.61. The number of amides is 2. The minimum atomic E-state index is -0.243. The van der Waals surface area contributed by atoms with Crippen LogP contribution in [0.3, 0.4) is 0 Å². The van der Waals surface area contributed by atoms with E-state index in [1.54, 1.807) is 30.3 Å². The van der Waals surface area contributed by atoms with Crippen molar-refractivity contribution in [1.82, 2.24) is 15.2 Å². The number of rotatable bonds is 7. The van der Waals surface area contributed by atoms with E-state index >= 15 is 0 Å². The van der Waals surface area contributed by atoms with Crippen molar-refractivity contribution in [3.05, 3.63) is 53.7 Å². The average Bonchev–Trinajstić information content (AvgIpc) is 3.10. The summed E-state index contributed by atoms with van der Waals surface area (Å²) in [6.07, 6.45) is 2.28. The van der Waals surface area contributed by atoms with Crippen molar-refractivity contribution >= 4 is 17.6 Å². The molecule has 0 spiro atoms. The number of hydrogen-bond donors (Lipinski definition) is 1. The van der Waals surface area contributed by atoms with E-state index in [4.69, 9.17) is 0 Å². The van der Waals surface area contributed by atoms with Crippen molar-refractivity contribution in [2.24, 2.45) is 0 Å². The maximum absolute atomic E-state index is 12.4. The predicted octanol–water partition coefficient (Wildman–Crippen LogP) is 2.69. The number of carbonyl (C=O) groups excluding carboxylic acids is 3. The fourth-order valence-corrected chi connectivity index (χ4v) is 3.12. The van der Waals surface area contributed by atoms with E-state index in [2.05, 4.69) is 10.3 Å². The summed E-state index contributed by atoms with van der Waals surface area (Å²) in [6.45, 7) is 3.50. The van der Waals surface area contributed by atoms with Crippen LogP contribution in [-0.2, 0) is 4.79 Å². The molecule has 1 aromatic heterocycles. The molecule has 2 aromatic rings. The number of carbonyl (C=O) groups is 3. The second-order valence-electron chi connectivity index (χ2n) is 6.64. The second-order valence-corrected chi connectivity index (χ2v) is 6.64. The Labute approximate surface area is 158 Å². The minimum absolute atomic E-state index is 0.0118. The molecule has 6 heteroatoms. The van der Waals surface area contributed by atoms with Gasteiger partial charge >= 0.3 is 0 Å². The maximum atomic E-state index is 12.4. The van der Waals surface area contributed by atoms with E-state index in [0.29, 0.717) is 36.5 Å². The fraction of sp³-hybridized carbons (Fsp3) is 0.333. The van der Waals surface area contributed by atoms with Gasteiger partial charge in [0.05, 0.1) is 5.69 Å². The lowest BCUT2D eigenvalue weighted by molar-refractivity contribution is -0.127. The quantitative estimate of drug-likeness (QED) is 0.604. The molecule has 0 bridgehead atoms. The molecular formula is C21H23N3O3. The summed E-state index contributed by atoms with van der Waals surface area (Å²) in [5.74, 6) is -0.0574. The van der Waals surface area contributed by atoms with Gasteiger partial charge in [0.15, 0.2) is 5.78 Å². The van der Waals surface area contributed by atoms with E-state index in [0.717, 1.165) is 24.9 Å². The van der Waals surface area contributed by atoms with Crippen LogP contribution >= 0.6 is 0 Å². The lowest BCUT2D eigenvalue weighted by Gasteiger charge is -2.15. The van der Waals surface area contributed by atoms with Crippen LogP contribution in [0.15, 0.2) is 42.5 Å². The second kappa shape index (κ2) is 8.58. The molecule has 0 unspecified atom stereocenters. The van der Waals surface area contributed by atoms with Gasteiger partial charge in [-0.2, -0.15) is 0 Å². The van der Waals surface area contributed by atoms with Crippen LogP contribution in [-0.4, -0.2) is 47.1 Å². The molecule has 27 heavy (non-hydrogen) atoms. The van der Waals surface area contributed by atoms with Crippen molar-refractivity contribution in [3.8, 4) is 11.3 Å². The zero-order valence-corrected chi connectivity index (χ0v) is 15.4. The van der Waals surface area contributed by atoms with E-state index < -0.39 is 0 Å². The van der Waals surface area contributed by atoms with Crippen molar-refractivity contribution in [1.29, 1.82) is 0 Å². The first-order chi connectivity index (χ1) is 13.0. The first kappa shape index (κ1) is 18.8. The van der Waals surface area contributed by atoms with Gasteiger partial charge in [-0.1, -0.05) is 24.3 Å². The summed E-state index contributed by atoms with van der Waals surface area (Å²) in [4.78, 5) is 41.7. The molecular weight excluding hydrogens is 342 g/mol. The average molecular weight is 365 g/mol. The third kappa shape index (κ3) is 4.78. The zero-order chi connectivity index (χ0) is 19.2. The molecule has 1 fully saturated rings. The van der Waals surface area contributed by atoms with Gasteiger partial charge in [-0.25, -0.2) is 4.98 Å². The summed E-state index contributed by atoms with van der Waals surface area (Å²) in [7, 11) is 0. The zero-order valence-electron chi connectivity index (χ0n) is 15.4. The highest BCUT2D eigenvalue weighted by Crippen LogP contribution is 2.19. The Bertz CT molecular complexity index is 863. The van der Waals surface area contributed by atoms with Crippen LogP contribution in [0.5, 0.6) is 0 Å². The number of ketones is 1. The Kier molecular flexibility index (Phi) is 5.96. The van der Waals surface area contributed by atoms with Gasteiger partial charge in [0.25, 0.3) is 5.91 Å². The molecule has 0 atom stereocenters. The Morgan fingerprint density at radius 3 is 2.74 bits per heavy atom. The lowest BCUT2D eigenvalue weighted by atomic mass is 10.1. The van der Waals surface area contributed by atoms with Crippen LogP contribution in [0.25, 0.3) is 11.3 Å². The number of nitrogens with zero attached hydrogens (tertiary/aromatic N) is 2. The molecule has 1 aliphatic heterocycles. The first-order valence-electron chi connectivity index (χ1n) is 9.19. The fourth-order valence-electron chi connectivity index (χ4n) is 3.12. The van der Waals surface area contributed by atoms with Crippen LogP contribution in [0.1, 0.15) is 47.0 Å². The van der Waals surface area contributed by atoms with Gasteiger partial charge in [-0.15, -0.1) is 0 Å². The predicted molar refractivity (Wildman–Crippen MR) is 102 cm³/mol. The molecule has 1 saturated heterocycles. The van der Waals surface area contributed by atoms with Crippen molar-refractivity contribution < 1.29 is 14.4 Å². The van der Waals surface area contributed by atoms with Crippen LogP contribution in [0.2, 0.25) is 0 Å². The largest absolute Gasteiger partial charge is 0.351 e. The van der Waals surface area contributed by atoms with Crippen molar-refractivity contribution in [2.45, 2.75) is 26.2 Å². The SMILES string of the molecule is CC(=O)c1cccc(-c2cccc(C(=O)NCCCN3CCCC3=O)n2)c1. The summed E-state index contributed by atoms with van der Waals surface area (Å²) in [5, 5.41) is 2.85. The molecule has 0 saturated carbocycles. The Morgan fingerprint density at radius 2 is 2.00 bits per heavy atom. The van der Waals surface area contributed by atoms with Crippen molar-refractivity contribution in [3.63, 3.8) is 0 Å². The highest BCUT2D eigenvalue weighted by Gasteiger charge is 2.19. The number of benzene rings is 1. The summed E-state index contributed by atoms with van der Waals surface area (Å²) in [6, 6.07) is 12.5. The Morgan fingerprint density at radius 1 is 1.19 bits per heavy atom. The normalized spacial score (nSPS) is 13.7. The third-order valence-corrected chi connectivity index (χ3v) is 4.61. The van der Waals surface area contributed by atoms with Crippen LogP contribution < -0.4 is 5.32 Å². The molecule has 6 nitrogen and oxygen atoms in total. The smallest absolute Gasteiger partial charge is 0.269 e. The monoisotopic (exact) mass is 365 g/mol.